The number of nitrogens with one attached hydrogen (secondary N) is 1. The number of para-hydroxylation sites is 1. The number of rotatable bonds is 2. The van der Waals surface area contributed by atoms with Gasteiger partial charge in [0, 0.05) is 13.1 Å². The summed E-state index contributed by atoms with van der Waals surface area (Å²) in [5.41, 5.74) is 3.58. The fraction of sp³-hybridized carbons (Fsp3) is 0.462. The number of aliphatic imine (C=N–C) groups is 1. The SMILES string of the molecule is CCC1CN(C(=Nc2ccccc2)NN)CCO1. The second kappa shape index (κ2) is 6.37. The monoisotopic (exact) mass is 248 g/mol. The van der Waals surface area contributed by atoms with Crippen molar-refractivity contribution in [2.24, 2.45) is 10.8 Å². The minimum absolute atomic E-state index is 0.257. The number of benzene rings is 1. The van der Waals surface area contributed by atoms with Crippen molar-refractivity contribution in [3.63, 3.8) is 0 Å². The van der Waals surface area contributed by atoms with Crippen molar-refractivity contribution in [1.29, 1.82) is 0 Å². The summed E-state index contributed by atoms with van der Waals surface area (Å²) in [6.45, 7) is 4.48. The molecule has 1 aromatic rings. The van der Waals surface area contributed by atoms with Crippen LogP contribution in [-0.4, -0.2) is 36.7 Å². The van der Waals surface area contributed by atoms with E-state index in [4.69, 9.17) is 10.6 Å². The zero-order valence-corrected chi connectivity index (χ0v) is 10.7. The standard InChI is InChI=1S/C13H20N4O/c1-2-12-10-17(8-9-18-12)13(16-14)15-11-6-4-3-5-7-11/h3-7,12H,2,8-10,14H2,1H3,(H,15,16). The first-order valence-electron chi connectivity index (χ1n) is 6.30. The van der Waals surface area contributed by atoms with Crippen LogP contribution in [0.4, 0.5) is 5.69 Å². The topological polar surface area (TPSA) is 62.9 Å². The summed E-state index contributed by atoms with van der Waals surface area (Å²) >= 11 is 0. The number of guanidine groups is 1. The molecule has 18 heavy (non-hydrogen) atoms. The minimum atomic E-state index is 0.257. The quantitative estimate of drug-likeness (QED) is 0.358. The van der Waals surface area contributed by atoms with Crippen molar-refractivity contribution in [2.75, 3.05) is 19.7 Å². The van der Waals surface area contributed by atoms with E-state index in [1.165, 1.54) is 0 Å². The average Bonchev–Trinajstić information content (AvgIpc) is 2.46. The van der Waals surface area contributed by atoms with Gasteiger partial charge in [0.05, 0.1) is 18.4 Å². The van der Waals surface area contributed by atoms with Gasteiger partial charge in [-0.1, -0.05) is 25.1 Å². The molecule has 1 saturated heterocycles. The second-order valence-electron chi connectivity index (χ2n) is 4.26. The molecule has 1 aromatic carbocycles. The molecule has 0 aliphatic carbocycles. The number of hydrogen-bond acceptors (Lipinski definition) is 3. The third-order valence-electron chi connectivity index (χ3n) is 3.01. The van der Waals surface area contributed by atoms with Crippen molar-refractivity contribution in [1.82, 2.24) is 10.3 Å². The molecule has 0 bridgehead atoms. The molecule has 3 N–H and O–H groups in total. The lowest BCUT2D eigenvalue weighted by Crippen LogP contribution is -2.52. The molecule has 1 aliphatic heterocycles. The Morgan fingerprint density at radius 1 is 1.50 bits per heavy atom. The summed E-state index contributed by atoms with van der Waals surface area (Å²) in [5.74, 6) is 6.27. The van der Waals surface area contributed by atoms with E-state index in [2.05, 4.69) is 22.2 Å². The number of ether oxygens (including phenoxy) is 1. The lowest BCUT2D eigenvalue weighted by molar-refractivity contribution is -0.00801. The third kappa shape index (κ3) is 3.21. The molecule has 0 radical (unpaired) electrons. The summed E-state index contributed by atoms with van der Waals surface area (Å²) in [6, 6.07) is 9.79. The number of hydrogen-bond donors (Lipinski definition) is 2. The Balaban J connectivity index is 2.10. The van der Waals surface area contributed by atoms with Gasteiger partial charge in [-0.3, -0.25) is 5.43 Å². The molecule has 0 amide bonds. The van der Waals surface area contributed by atoms with Crippen LogP contribution in [0.5, 0.6) is 0 Å². The first-order chi connectivity index (χ1) is 8.83. The Bertz CT molecular complexity index is 393. The van der Waals surface area contributed by atoms with E-state index in [1.807, 2.05) is 30.3 Å². The van der Waals surface area contributed by atoms with Crippen molar-refractivity contribution >= 4 is 11.6 Å². The van der Waals surface area contributed by atoms with E-state index in [0.717, 1.165) is 25.2 Å². The predicted octanol–water partition coefficient (Wildman–Crippen LogP) is 1.25. The lowest BCUT2D eigenvalue weighted by atomic mass is 10.2. The van der Waals surface area contributed by atoms with Crippen LogP contribution in [0, 0.1) is 0 Å². The predicted molar refractivity (Wildman–Crippen MR) is 72.5 cm³/mol. The molecular weight excluding hydrogens is 228 g/mol. The molecule has 1 fully saturated rings. The van der Waals surface area contributed by atoms with Gasteiger partial charge < -0.3 is 9.64 Å². The molecule has 0 saturated carbocycles. The lowest BCUT2D eigenvalue weighted by Gasteiger charge is -2.34. The molecule has 1 atom stereocenters. The maximum atomic E-state index is 5.64. The van der Waals surface area contributed by atoms with Gasteiger partial charge in [0.25, 0.3) is 0 Å². The van der Waals surface area contributed by atoms with Gasteiger partial charge in [-0.2, -0.15) is 0 Å². The van der Waals surface area contributed by atoms with Crippen molar-refractivity contribution in [2.45, 2.75) is 19.4 Å². The Morgan fingerprint density at radius 2 is 2.28 bits per heavy atom. The Kier molecular flexibility index (Phi) is 4.55. The van der Waals surface area contributed by atoms with Gasteiger partial charge in [-0.15, -0.1) is 0 Å². The van der Waals surface area contributed by atoms with E-state index in [-0.39, 0.29) is 6.10 Å². The third-order valence-corrected chi connectivity index (χ3v) is 3.01. The van der Waals surface area contributed by atoms with Crippen LogP contribution in [0.15, 0.2) is 35.3 Å². The molecule has 1 heterocycles. The Labute approximate surface area is 108 Å². The molecule has 98 valence electrons. The van der Waals surface area contributed by atoms with E-state index in [1.54, 1.807) is 0 Å². The smallest absolute Gasteiger partial charge is 0.213 e. The highest BCUT2D eigenvalue weighted by Crippen LogP contribution is 2.13. The van der Waals surface area contributed by atoms with Gasteiger partial charge >= 0.3 is 0 Å². The summed E-state index contributed by atoms with van der Waals surface area (Å²) < 4.78 is 5.64. The minimum Gasteiger partial charge on any atom is -0.375 e. The van der Waals surface area contributed by atoms with E-state index >= 15 is 0 Å². The Hall–Kier alpha value is -1.59. The van der Waals surface area contributed by atoms with Gasteiger partial charge in [-0.05, 0) is 18.6 Å². The van der Waals surface area contributed by atoms with Crippen LogP contribution in [0.3, 0.4) is 0 Å². The second-order valence-corrected chi connectivity index (χ2v) is 4.26. The van der Waals surface area contributed by atoms with Gasteiger partial charge in [0.15, 0.2) is 0 Å². The van der Waals surface area contributed by atoms with E-state index in [0.29, 0.717) is 12.6 Å². The molecule has 0 aromatic heterocycles. The molecule has 5 nitrogen and oxygen atoms in total. The first-order valence-corrected chi connectivity index (χ1v) is 6.30. The van der Waals surface area contributed by atoms with E-state index in [9.17, 15) is 0 Å². The van der Waals surface area contributed by atoms with Gasteiger partial charge in [0.2, 0.25) is 5.96 Å². The summed E-state index contributed by atoms with van der Waals surface area (Å²) in [4.78, 5) is 6.65. The number of morpholine rings is 1. The van der Waals surface area contributed by atoms with Crippen LogP contribution < -0.4 is 11.3 Å². The molecular formula is C13H20N4O. The first kappa shape index (κ1) is 12.9. The van der Waals surface area contributed by atoms with Gasteiger partial charge in [-0.25, -0.2) is 10.8 Å². The molecule has 1 unspecified atom stereocenters. The largest absolute Gasteiger partial charge is 0.375 e. The van der Waals surface area contributed by atoms with Crippen molar-refractivity contribution in [3.8, 4) is 0 Å². The highest BCUT2D eigenvalue weighted by atomic mass is 16.5. The summed E-state index contributed by atoms with van der Waals surface area (Å²) in [7, 11) is 0. The maximum Gasteiger partial charge on any atom is 0.213 e. The molecule has 2 rings (SSSR count). The maximum absolute atomic E-state index is 5.64. The number of nitrogens with zero attached hydrogens (tertiary/aromatic N) is 2. The number of hydrazine groups is 1. The van der Waals surface area contributed by atoms with Gasteiger partial charge in [0.1, 0.15) is 0 Å². The number of nitrogens with two attached hydrogens (primary N) is 1. The van der Waals surface area contributed by atoms with E-state index < -0.39 is 0 Å². The van der Waals surface area contributed by atoms with Crippen LogP contribution in [-0.2, 0) is 4.74 Å². The van der Waals surface area contributed by atoms with Crippen molar-refractivity contribution < 1.29 is 4.74 Å². The summed E-state index contributed by atoms with van der Waals surface area (Å²) in [5, 5.41) is 0. The summed E-state index contributed by atoms with van der Waals surface area (Å²) in [6.07, 6.45) is 1.26. The highest BCUT2D eigenvalue weighted by Gasteiger charge is 2.21. The Morgan fingerprint density at radius 3 is 2.94 bits per heavy atom. The average molecular weight is 248 g/mol. The normalized spacial score (nSPS) is 20.9. The molecule has 1 aliphatic rings. The zero-order valence-electron chi connectivity index (χ0n) is 10.7. The zero-order chi connectivity index (χ0) is 12.8. The van der Waals surface area contributed by atoms with Crippen molar-refractivity contribution in [3.05, 3.63) is 30.3 Å². The fourth-order valence-corrected chi connectivity index (χ4v) is 1.98. The highest BCUT2D eigenvalue weighted by molar-refractivity contribution is 5.82. The van der Waals surface area contributed by atoms with Crippen LogP contribution >= 0.6 is 0 Å². The fourth-order valence-electron chi connectivity index (χ4n) is 1.98. The molecule has 0 spiro atoms. The van der Waals surface area contributed by atoms with Crippen LogP contribution in [0.1, 0.15) is 13.3 Å². The molecule has 5 heteroatoms. The van der Waals surface area contributed by atoms with Crippen LogP contribution in [0.25, 0.3) is 0 Å². The van der Waals surface area contributed by atoms with Crippen LogP contribution in [0.2, 0.25) is 0 Å².